The van der Waals surface area contributed by atoms with Crippen LogP contribution in [-0.4, -0.2) is 48.9 Å². The van der Waals surface area contributed by atoms with E-state index in [-0.39, 0.29) is 17.1 Å². The van der Waals surface area contributed by atoms with Crippen LogP contribution in [-0.2, 0) is 26.6 Å². The number of amides is 1. The molecule has 0 unspecified atom stereocenters. The first-order chi connectivity index (χ1) is 13.6. The summed E-state index contributed by atoms with van der Waals surface area (Å²) in [6, 6.07) is 5.61. The molecule has 10 heteroatoms. The van der Waals surface area contributed by atoms with E-state index >= 15 is 0 Å². The Balaban J connectivity index is 1.85. The van der Waals surface area contributed by atoms with Crippen molar-refractivity contribution in [1.82, 2.24) is 8.87 Å². The van der Waals surface area contributed by atoms with Gasteiger partial charge in [0.1, 0.15) is 16.6 Å². The highest BCUT2D eigenvalue weighted by Crippen LogP contribution is 2.29. The number of benzene rings is 1. The van der Waals surface area contributed by atoms with Crippen molar-refractivity contribution in [2.45, 2.75) is 30.7 Å². The maximum Gasteiger partial charge on any atom is 0.354 e. The summed E-state index contributed by atoms with van der Waals surface area (Å²) in [5.74, 6) is -1.08. The average molecular weight is 440 g/mol. The molecule has 0 bridgehead atoms. The van der Waals surface area contributed by atoms with E-state index in [1.807, 2.05) is 13.0 Å². The Hall–Kier alpha value is -2.36. The number of hydrogen-bond donors (Lipinski definition) is 1. The molecule has 156 valence electrons. The standard InChI is InChI=1S/C19H22ClN3O5S/c1-12-6-7-15(14(20)9-12)21-18(24)16-5-4-8-23(16)29(26,27)13-10-17(19(25)28-3)22(2)11-13/h6-7,9-11,16H,4-5,8H2,1-3H3,(H,21,24)/t16-/m0/s1. The molecule has 1 fully saturated rings. The first-order valence-corrected chi connectivity index (χ1v) is 10.8. The van der Waals surface area contributed by atoms with Gasteiger partial charge in [0.05, 0.1) is 17.8 Å². The number of aromatic nitrogens is 1. The normalized spacial score (nSPS) is 17.3. The molecular weight excluding hydrogens is 418 g/mol. The first-order valence-electron chi connectivity index (χ1n) is 8.98. The number of aryl methyl sites for hydroxylation is 2. The number of nitrogens with zero attached hydrogens (tertiary/aromatic N) is 2. The topological polar surface area (TPSA) is 97.7 Å². The summed E-state index contributed by atoms with van der Waals surface area (Å²) >= 11 is 6.17. The van der Waals surface area contributed by atoms with E-state index in [0.29, 0.717) is 23.6 Å². The molecule has 1 atom stereocenters. The molecule has 1 N–H and O–H groups in total. The Morgan fingerprint density at radius 1 is 1.28 bits per heavy atom. The van der Waals surface area contributed by atoms with Crippen molar-refractivity contribution in [3.63, 3.8) is 0 Å². The van der Waals surface area contributed by atoms with Gasteiger partial charge >= 0.3 is 5.97 Å². The highest BCUT2D eigenvalue weighted by atomic mass is 35.5. The van der Waals surface area contributed by atoms with Crippen LogP contribution < -0.4 is 5.32 Å². The van der Waals surface area contributed by atoms with E-state index in [1.54, 1.807) is 19.2 Å². The Morgan fingerprint density at radius 2 is 2.00 bits per heavy atom. The van der Waals surface area contributed by atoms with E-state index in [1.165, 1.54) is 28.2 Å². The molecule has 8 nitrogen and oxygen atoms in total. The number of nitrogens with one attached hydrogen (secondary N) is 1. The number of carbonyl (C=O) groups is 2. The smallest absolute Gasteiger partial charge is 0.354 e. The van der Waals surface area contributed by atoms with Crippen molar-refractivity contribution in [2.24, 2.45) is 7.05 Å². The van der Waals surface area contributed by atoms with Crippen LogP contribution >= 0.6 is 11.6 Å². The Labute approximate surface area is 174 Å². The largest absolute Gasteiger partial charge is 0.464 e. The SMILES string of the molecule is COC(=O)c1cc(S(=O)(=O)N2CCC[C@H]2C(=O)Nc2ccc(C)cc2Cl)cn1C. The number of sulfonamides is 1. The van der Waals surface area contributed by atoms with Crippen LogP contribution in [0.1, 0.15) is 28.9 Å². The van der Waals surface area contributed by atoms with Gasteiger partial charge in [-0.1, -0.05) is 17.7 Å². The quantitative estimate of drug-likeness (QED) is 0.722. The molecule has 0 aliphatic carbocycles. The maximum absolute atomic E-state index is 13.1. The van der Waals surface area contributed by atoms with Gasteiger partial charge in [-0.15, -0.1) is 0 Å². The van der Waals surface area contributed by atoms with Gasteiger partial charge in [0, 0.05) is 19.8 Å². The number of carbonyl (C=O) groups excluding carboxylic acids is 2. The zero-order chi connectivity index (χ0) is 21.3. The fourth-order valence-corrected chi connectivity index (χ4v) is 5.36. The second-order valence-corrected chi connectivity index (χ2v) is 9.21. The van der Waals surface area contributed by atoms with Gasteiger partial charge in [0.2, 0.25) is 15.9 Å². The van der Waals surface area contributed by atoms with Crippen molar-refractivity contribution in [3.8, 4) is 0 Å². The van der Waals surface area contributed by atoms with Crippen LogP contribution in [0, 0.1) is 6.92 Å². The Kier molecular flexibility index (Phi) is 6.02. The molecule has 1 aromatic carbocycles. The van der Waals surface area contributed by atoms with Crippen LogP contribution in [0.3, 0.4) is 0 Å². The van der Waals surface area contributed by atoms with E-state index in [2.05, 4.69) is 10.1 Å². The third-order valence-corrected chi connectivity index (χ3v) is 7.06. The lowest BCUT2D eigenvalue weighted by atomic mass is 10.2. The van der Waals surface area contributed by atoms with Gasteiger partial charge in [-0.05, 0) is 43.5 Å². The van der Waals surface area contributed by atoms with Gasteiger partial charge in [0.15, 0.2) is 0 Å². The van der Waals surface area contributed by atoms with Gasteiger partial charge in [-0.2, -0.15) is 4.31 Å². The van der Waals surface area contributed by atoms with Crippen LogP contribution in [0.5, 0.6) is 0 Å². The van der Waals surface area contributed by atoms with E-state index < -0.39 is 27.9 Å². The number of halogens is 1. The average Bonchev–Trinajstić information content (AvgIpc) is 3.31. The minimum Gasteiger partial charge on any atom is -0.464 e. The Morgan fingerprint density at radius 3 is 2.66 bits per heavy atom. The predicted octanol–water partition coefficient (Wildman–Crippen LogP) is 2.57. The molecule has 29 heavy (non-hydrogen) atoms. The summed E-state index contributed by atoms with van der Waals surface area (Å²) in [4.78, 5) is 24.5. The van der Waals surface area contributed by atoms with Crippen molar-refractivity contribution in [1.29, 1.82) is 0 Å². The minimum absolute atomic E-state index is 0.0616. The molecular formula is C19H22ClN3O5S. The van der Waals surface area contributed by atoms with E-state index in [9.17, 15) is 18.0 Å². The van der Waals surface area contributed by atoms with Gasteiger partial charge in [-0.3, -0.25) is 4.79 Å². The van der Waals surface area contributed by atoms with Crippen LogP contribution in [0.2, 0.25) is 5.02 Å². The molecule has 3 rings (SSSR count). The molecule has 2 heterocycles. The zero-order valence-corrected chi connectivity index (χ0v) is 17.9. The predicted molar refractivity (Wildman–Crippen MR) is 108 cm³/mol. The Bertz CT molecular complexity index is 1060. The summed E-state index contributed by atoms with van der Waals surface area (Å²) in [6.45, 7) is 2.09. The van der Waals surface area contributed by atoms with E-state index in [0.717, 1.165) is 5.56 Å². The molecule has 0 saturated carbocycles. The lowest BCUT2D eigenvalue weighted by molar-refractivity contribution is -0.119. The number of anilines is 1. The fourth-order valence-electron chi connectivity index (χ4n) is 3.35. The molecule has 0 spiro atoms. The molecule has 1 aliphatic heterocycles. The molecule has 1 amide bonds. The third-order valence-electron chi connectivity index (χ3n) is 4.87. The second-order valence-electron chi connectivity index (χ2n) is 6.91. The monoisotopic (exact) mass is 439 g/mol. The van der Waals surface area contributed by atoms with Crippen molar-refractivity contribution >= 4 is 39.2 Å². The molecule has 0 radical (unpaired) electrons. The van der Waals surface area contributed by atoms with E-state index in [4.69, 9.17) is 11.6 Å². The van der Waals surface area contributed by atoms with Gasteiger partial charge in [-0.25, -0.2) is 13.2 Å². The molecule has 2 aromatic rings. The number of esters is 1. The summed E-state index contributed by atoms with van der Waals surface area (Å²) in [6.07, 6.45) is 2.28. The van der Waals surface area contributed by atoms with Crippen molar-refractivity contribution < 1.29 is 22.7 Å². The molecule has 1 saturated heterocycles. The molecule has 1 aromatic heterocycles. The fraction of sp³-hybridized carbons (Fsp3) is 0.368. The van der Waals surface area contributed by atoms with Crippen molar-refractivity contribution in [3.05, 3.63) is 46.7 Å². The van der Waals surface area contributed by atoms with Crippen LogP contribution in [0.25, 0.3) is 0 Å². The number of methoxy groups -OCH3 is 1. The lowest BCUT2D eigenvalue weighted by Gasteiger charge is -2.23. The third kappa shape index (κ3) is 4.17. The second kappa shape index (κ2) is 8.17. The summed E-state index contributed by atoms with van der Waals surface area (Å²) in [5.41, 5.74) is 1.49. The van der Waals surface area contributed by atoms with Crippen LogP contribution in [0.4, 0.5) is 5.69 Å². The van der Waals surface area contributed by atoms with Crippen LogP contribution in [0.15, 0.2) is 35.4 Å². The lowest BCUT2D eigenvalue weighted by Crippen LogP contribution is -2.43. The highest BCUT2D eigenvalue weighted by Gasteiger charge is 2.40. The first kappa shape index (κ1) is 21.4. The van der Waals surface area contributed by atoms with Gasteiger partial charge < -0.3 is 14.6 Å². The van der Waals surface area contributed by atoms with Gasteiger partial charge in [0.25, 0.3) is 0 Å². The number of ether oxygens (including phenoxy) is 1. The maximum atomic E-state index is 13.1. The molecule has 1 aliphatic rings. The number of hydrogen-bond acceptors (Lipinski definition) is 5. The highest BCUT2D eigenvalue weighted by molar-refractivity contribution is 7.89. The summed E-state index contributed by atoms with van der Waals surface area (Å²) in [5, 5.41) is 3.11. The van der Waals surface area contributed by atoms with Crippen molar-refractivity contribution in [2.75, 3.05) is 19.0 Å². The number of rotatable bonds is 5. The summed E-state index contributed by atoms with van der Waals surface area (Å²) in [7, 11) is -1.20. The summed E-state index contributed by atoms with van der Waals surface area (Å²) < 4.78 is 33.5. The zero-order valence-electron chi connectivity index (χ0n) is 16.3. The minimum atomic E-state index is -3.97.